The Balaban J connectivity index is 1.53. The highest BCUT2D eigenvalue weighted by Crippen LogP contribution is 2.28. The van der Waals surface area contributed by atoms with Crippen LogP contribution in [0.2, 0.25) is 0 Å². The molecule has 1 aromatic carbocycles. The average Bonchev–Trinajstić information content (AvgIpc) is 2.76. The third kappa shape index (κ3) is 9.70. The monoisotopic (exact) mass is 418 g/mol. The highest BCUT2D eigenvalue weighted by Gasteiger charge is 2.21. The summed E-state index contributed by atoms with van der Waals surface area (Å²) in [4.78, 5) is 4.83. The van der Waals surface area contributed by atoms with Crippen LogP contribution in [0.4, 0.5) is 5.69 Å². The fraction of sp³-hybridized carbons (Fsp3) is 0.769. The molecular weight excluding hydrogens is 372 g/mol. The second kappa shape index (κ2) is 15.5. The van der Waals surface area contributed by atoms with Gasteiger partial charge in [0.1, 0.15) is 5.75 Å². The first-order valence-electron chi connectivity index (χ1n) is 12.6. The molecule has 4 nitrogen and oxygen atoms in total. The standard InChI is InChI=1S/C26H46N2O2/c1-3-5-6-7-8-9-10-11-12-13-16-24(29)23-27-19-21-28(22-20-27)25-17-14-15-18-26(25)30-4-2/h14-15,17-18,24,29H,3-13,16,19-23H2,1-2H3. The molecule has 0 radical (unpaired) electrons. The first kappa shape index (κ1) is 25.0. The van der Waals surface area contributed by atoms with Crippen LogP contribution >= 0.6 is 0 Å². The van der Waals surface area contributed by atoms with Gasteiger partial charge in [0.15, 0.2) is 0 Å². The Morgan fingerprint density at radius 3 is 2.07 bits per heavy atom. The molecule has 1 N–H and O–H groups in total. The fourth-order valence-electron chi connectivity index (χ4n) is 4.42. The second-order valence-electron chi connectivity index (χ2n) is 8.81. The molecule has 1 saturated heterocycles. The van der Waals surface area contributed by atoms with E-state index >= 15 is 0 Å². The van der Waals surface area contributed by atoms with Crippen molar-refractivity contribution in [2.75, 3.05) is 44.2 Å². The van der Waals surface area contributed by atoms with E-state index in [9.17, 15) is 5.11 Å². The number of piperazine rings is 1. The van der Waals surface area contributed by atoms with Crippen molar-refractivity contribution in [3.63, 3.8) is 0 Å². The molecule has 1 aromatic rings. The van der Waals surface area contributed by atoms with E-state index in [2.05, 4.69) is 34.9 Å². The summed E-state index contributed by atoms with van der Waals surface area (Å²) < 4.78 is 5.79. The van der Waals surface area contributed by atoms with Gasteiger partial charge in [0.05, 0.1) is 18.4 Å². The molecule has 2 rings (SSSR count). The molecule has 0 aliphatic carbocycles. The number of aliphatic hydroxyl groups is 1. The molecule has 1 unspecified atom stereocenters. The molecule has 1 aliphatic rings. The number of hydrogen-bond acceptors (Lipinski definition) is 4. The second-order valence-corrected chi connectivity index (χ2v) is 8.81. The van der Waals surface area contributed by atoms with Crippen LogP contribution in [0.25, 0.3) is 0 Å². The van der Waals surface area contributed by atoms with Gasteiger partial charge < -0.3 is 14.7 Å². The maximum absolute atomic E-state index is 10.4. The van der Waals surface area contributed by atoms with Gasteiger partial charge >= 0.3 is 0 Å². The van der Waals surface area contributed by atoms with Crippen molar-refractivity contribution in [3.05, 3.63) is 24.3 Å². The van der Waals surface area contributed by atoms with Crippen LogP contribution in [0, 0.1) is 0 Å². The minimum absolute atomic E-state index is 0.179. The lowest BCUT2D eigenvalue weighted by Gasteiger charge is -2.37. The van der Waals surface area contributed by atoms with Crippen molar-refractivity contribution in [2.45, 2.75) is 90.6 Å². The van der Waals surface area contributed by atoms with Gasteiger partial charge in [-0.05, 0) is 25.5 Å². The number of anilines is 1. The Kier molecular flexibility index (Phi) is 12.9. The Morgan fingerprint density at radius 2 is 1.43 bits per heavy atom. The summed E-state index contributed by atoms with van der Waals surface area (Å²) in [6.07, 6.45) is 14.3. The zero-order chi connectivity index (χ0) is 21.4. The third-order valence-electron chi connectivity index (χ3n) is 6.24. The first-order valence-corrected chi connectivity index (χ1v) is 12.6. The Hall–Kier alpha value is -1.26. The smallest absolute Gasteiger partial charge is 0.142 e. The maximum Gasteiger partial charge on any atom is 0.142 e. The predicted molar refractivity (Wildman–Crippen MR) is 129 cm³/mol. The zero-order valence-corrected chi connectivity index (χ0v) is 19.7. The lowest BCUT2D eigenvalue weighted by molar-refractivity contribution is 0.0996. The van der Waals surface area contributed by atoms with Crippen LogP contribution in [-0.4, -0.2) is 55.4 Å². The molecule has 0 amide bonds. The summed E-state index contributed by atoms with van der Waals surface area (Å²) in [5.41, 5.74) is 1.20. The van der Waals surface area contributed by atoms with Crippen molar-refractivity contribution < 1.29 is 9.84 Å². The normalized spacial score (nSPS) is 16.0. The average molecular weight is 419 g/mol. The van der Waals surface area contributed by atoms with Crippen molar-refractivity contribution in [1.82, 2.24) is 4.90 Å². The maximum atomic E-state index is 10.4. The van der Waals surface area contributed by atoms with Gasteiger partial charge in [-0.25, -0.2) is 0 Å². The molecule has 1 atom stereocenters. The topological polar surface area (TPSA) is 35.9 Å². The zero-order valence-electron chi connectivity index (χ0n) is 19.7. The van der Waals surface area contributed by atoms with E-state index in [1.807, 2.05) is 13.0 Å². The van der Waals surface area contributed by atoms with E-state index in [4.69, 9.17) is 4.74 Å². The molecule has 0 aromatic heterocycles. The molecule has 30 heavy (non-hydrogen) atoms. The number of ether oxygens (including phenoxy) is 1. The van der Waals surface area contributed by atoms with Gasteiger partial charge in [-0.1, -0.05) is 83.3 Å². The van der Waals surface area contributed by atoms with E-state index in [-0.39, 0.29) is 6.10 Å². The Morgan fingerprint density at radius 1 is 0.833 bits per heavy atom. The van der Waals surface area contributed by atoms with Gasteiger partial charge in [-0.3, -0.25) is 4.90 Å². The van der Waals surface area contributed by atoms with Crippen LogP contribution in [0.3, 0.4) is 0 Å². The van der Waals surface area contributed by atoms with Crippen LogP contribution in [-0.2, 0) is 0 Å². The number of hydrogen-bond donors (Lipinski definition) is 1. The largest absolute Gasteiger partial charge is 0.492 e. The van der Waals surface area contributed by atoms with Crippen LogP contribution in [0.5, 0.6) is 5.75 Å². The van der Waals surface area contributed by atoms with Crippen molar-refractivity contribution in [1.29, 1.82) is 0 Å². The van der Waals surface area contributed by atoms with Crippen LogP contribution in [0.1, 0.15) is 84.5 Å². The fourth-order valence-corrected chi connectivity index (χ4v) is 4.42. The van der Waals surface area contributed by atoms with Crippen LogP contribution < -0.4 is 9.64 Å². The molecule has 172 valence electrons. The van der Waals surface area contributed by atoms with E-state index in [0.717, 1.165) is 44.9 Å². The molecule has 1 heterocycles. The lowest BCUT2D eigenvalue weighted by Crippen LogP contribution is -2.48. The summed E-state index contributed by atoms with van der Waals surface area (Å²) in [5, 5.41) is 10.4. The molecule has 4 heteroatoms. The number of nitrogens with zero attached hydrogens (tertiary/aromatic N) is 2. The van der Waals surface area contributed by atoms with E-state index < -0.39 is 0 Å². The number of rotatable bonds is 16. The van der Waals surface area contributed by atoms with Crippen molar-refractivity contribution >= 4 is 5.69 Å². The molecule has 0 spiro atoms. The van der Waals surface area contributed by atoms with E-state index in [1.165, 1.54) is 69.9 Å². The quantitative estimate of drug-likeness (QED) is 0.340. The summed E-state index contributed by atoms with van der Waals surface area (Å²) in [7, 11) is 0. The van der Waals surface area contributed by atoms with Crippen LogP contribution in [0.15, 0.2) is 24.3 Å². The molecule has 1 fully saturated rings. The van der Waals surface area contributed by atoms with Crippen molar-refractivity contribution in [2.24, 2.45) is 0 Å². The third-order valence-corrected chi connectivity index (χ3v) is 6.24. The van der Waals surface area contributed by atoms with Gasteiger partial charge in [0.25, 0.3) is 0 Å². The summed E-state index contributed by atoms with van der Waals surface area (Å²) in [6, 6.07) is 8.33. The lowest BCUT2D eigenvalue weighted by atomic mass is 10.0. The summed E-state index contributed by atoms with van der Waals surface area (Å²) in [6.45, 7) is 9.83. The minimum Gasteiger partial charge on any atom is -0.492 e. The van der Waals surface area contributed by atoms with Gasteiger partial charge in [-0.2, -0.15) is 0 Å². The Bertz CT molecular complexity index is 544. The first-order chi connectivity index (χ1) is 14.7. The van der Waals surface area contributed by atoms with E-state index in [1.54, 1.807) is 0 Å². The number of para-hydroxylation sites is 2. The highest BCUT2D eigenvalue weighted by atomic mass is 16.5. The van der Waals surface area contributed by atoms with Gasteiger partial charge in [0.2, 0.25) is 0 Å². The molecule has 0 saturated carbocycles. The van der Waals surface area contributed by atoms with Crippen molar-refractivity contribution in [3.8, 4) is 5.75 Å². The molecule has 0 bridgehead atoms. The number of aliphatic hydroxyl groups excluding tert-OH is 1. The number of β-amino-alcohol motifs (C(OH)–C–C–N with tert-alkyl or cyclic N) is 1. The summed E-state index contributed by atoms with van der Waals surface area (Å²) >= 11 is 0. The molecule has 1 aliphatic heterocycles. The predicted octanol–water partition coefficient (Wildman–Crippen LogP) is 5.88. The van der Waals surface area contributed by atoms with Gasteiger partial charge in [-0.15, -0.1) is 0 Å². The minimum atomic E-state index is -0.179. The number of benzene rings is 1. The Labute approximate surface area is 185 Å². The highest BCUT2D eigenvalue weighted by molar-refractivity contribution is 5.58. The summed E-state index contributed by atoms with van der Waals surface area (Å²) in [5.74, 6) is 0.981. The molecular formula is C26H46N2O2. The number of unbranched alkanes of at least 4 members (excludes halogenated alkanes) is 9. The van der Waals surface area contributed by atoms with Gasteiger partial charge in [0, 0.05) is 32.7 Å². The van der Waals surface area contributed by atoms with E-state index in [0.29, 0.717) is 6.61 Å². The SMILES string of the molecule is CCCCCCCCCCCCC(O)CN1CCN(c2ccccc2OCC)CC1.